The lowest BCUT2D eigenvalue weighted by molar-refractivity contribution is 0.0997. The van der Waals surface area contributed by atoms with Crippen LogP contribution in [0, 0.1) is 0 Å². The molecule has 1 fully saturated rings. The number of pyridine rings is 1. The summed E-state index contributed by atoms with van der Waals surface area (Å²) in [7, 11) is 1.45. The average molecular weight is 392 g/mol. The second kappa shape index (κ2) is 7.67. The molecule has 0 aliphatic heterocycles. The Morgan fingerprint density at radius 3 is 2.55 bits per heavy atom. The first-order valence-corrected chi connectivity index (χ1v) is 9.16. The molecule has 0 saturated heterocycles. The maximum absolute atomic E-state index is 12.3. The summed E-state index contributed by atoms with van der Waals surface area (Å²) in [5.74, 6) is 0.499. The minimum Gasteiger partial charge on any atom is -0.496 e. The Balaban J connectivity index is 1.77. The molecule has 3 amide bonds. The van der Waals surface area contributed by atoms with Gasteiger partial charge < -0.3 is 25.8 Å². The number of hydrogen-bond donors (Lipinski definition) is 3. The highest BCUT2D eigenvalue weighted by atomic mass is 16.5. The molecule has 1 aliphatic carbocycles. The number of anilines is 1. The molecule has 3 aromatic rings. The molecule has 29 heavy (non-hydrogen) atoms. The zero-order chi connectivity index (χ0) is 20.4. The molecule has 0 radical (unpaired) electrons. The van der Waals surface area contributed by atoms with Gasteiger partial charge in [0.25, 0.3) is 5.91 Å². The maximum atomic E-state index is 12.3. The SMILES string of the molecule is COc1cc2nc(Oc3ccccc3)c(NC(=O)NC3CC3)cc2cc1C(N)=O. The van der Waals surface area contributed by atoms with Gasteiger partial charge in [-0.05, 0) is 37.1 Å². The average Bonchev–Trinajstić information content (AvgIpc) is 3.52. The second-order valence-electron chi connectivity index (χ2n) is 6.74. The van der Waals surface area contributed by atoms with Gasteiger partial charge >= 0.3 is 6.03 Å². The van der Waals surface area contributed by atoms with Crippen LogP contribution in [0.15, 0.2) is 48.5 Å². The zero-order valence-electron chi connectivity index (χ0n) is 15.8. The Morgan fingerprint density at radius 1 is 1.14 bits per heavy atom. The number of para-hydroxylation sites is 1. The van der Waals surface area contributed by atoms with Crippen LogP contribution in [0.5, 0.6) is 17.4 Å². The van der Waals surface area contributed by atoms with Gasteiger partial charge in [0.15, 0.2) is 0 Å². The lowest BCUT2D eigenvalue weighted by Gasteiger charge is -2.14. The van der Waals surface area contributed by atoms with E-state index < -0.39 is 5.91 Å². The van der Waals surface area contributed by atoms with E-state index in [1.807, 2.05) is 18.2 Å². The first kappa shape index (κ1) is 18.5. The molecule has 0 unspecified atom stereocenters. The standard InChI is InChI=1S/C21H20N4O4/c1-28-18-11-16-12(9-15(18)19(22)26)10-17(25-21(27)23-13-7-8-13)20(24-16)29-14-5-3-2-4-6-14/h2-6,9-11,13H,7-8H2,1H3,(H2,22,26)(H2,23,25,27). The summed E-state index contributed by atoms with van der Waals surface area (Å²) in [6, 6.07) is 13.9. The van der Waals surface area contributed by atoms with Gasteiger partial charge in [0, 0.05) is 17.5 Å². The minimum absolute atomic E-state index is 0.202. The Kier molecular flexibility index (Phi) is 4.90. The topological polar surface area (TPSA) is 116 Å². The summed E-state index contributed by atoms with van der Waals surface area (Å²) in [5, 5.41) is 6.26. The number of methoxy groups -OCH3 is 1. The first-order valence-electron chi connectivity index (χ1n) is 9.16. The van der Waals surface area contributed by atoms with E-state index in [4.69, 9.17) is 15.2 Å². The summed E-state index contributed by atoms with van der Waals surface area (Å²) in [5.41, 5.74) is 6.59. The Hall–Kier alpha value is -3.81. The third kappa shape index (κ3) is 4.21. The molecule has 4 rings (SSSR count). The van der Waals surface area contributed by atoms with Gasteiger partial charge in [-0.1, -0.05) is 18.2 Å². The number of fused-ring (bicyclic) bond motifs is 1. The van der Waals surface area contributed by atoms with Crippen molar-refractivity contribution in [3.63, 3.8) is 0 Å². The van der Waals surface area contributed by atoms with Crippen molar-refractivity contribution in [1.29, 1.82) is 0 Å². The number of carbonyl (C=O) groups is 2. The fourth-order valence-corrected chi connectivity index (χ4v) is 2.89. The second-order valence-corrected chi connectivity index (χ2v) is 6.74. The predicted octanol–water partition coefficient (Wildman–Crippen LogP) is 3.42. The van der Waals surface area contributed by atoms with Crippen molar-refractivity contribution in [2.75, 3.05) is 12.4 Å². The number of benzene rings is 2. The van der Waals surface area contributed by atoms with Crippen LogP contribution in [-0.4, -0.2) is 30.1 Å². The number of rotatable bonds is 6. The van der Waals surface area contributed by atoms with E-state index in [0.717, 1.165) is 12.8 Å². The van der Waals surface area contributed by atoms with Crippen molar-refractivity contribution in [2.24, 2.45) is 5.73 Å². The monoisotopic (exact) mass is 392 g/mol. The van der Waals surface area contributed by atoms with Crippen LogP contribution in [0.2, 0.25) is 0 Å². The third-order valence-corrected chi connectivity index (χ3v) is 4.48. The number of primary amides is 1. The quantitative estimate of drug-likeness (QED) is 0.594. The highest BCUT2D eigenvalue weighted by Crippen LogP contribution is 2.34. The summed E-state index contributed by atoms with van der Waals surface area (Å²) in [6.45, 7) is 0. The van der Waals surface area contributed by atoms with E-state index in [-0.39, 0.29) is 23.5 Å². The summed E-state index contributed by atoms with van der Waals surface area (Å²) < 4.78 is 11.2. The van der Waals surface area contributed by atoms with Crippen molar-refractivity contribution in [3.05, 3.63) is 54.1 Å². The molecular weight excluding hydrogens is 372 g/mol. The van der Waals surface area contributed by atoms with E-state index >= 15 is 0 Å². The third-order valence-electron chi connectivity index (χ3n) is 4.48. The van der Waals surface area contributed by atoms with Gasteiger partial charge in [0.1, 0.15) is 17.2 Å². The van der Waals surface area contributed by atoms with Gasteiger partial charge in [-0.25, -0.2) is 9.78 Å². The fourth-order valence-electron chi connectivity index (χ4n) is 2.89. The molecule has 8 nitrogen and oxygen atoms in total. The summed E-state index contributed by atoms with van der Waals surface area (Å²) >= 11 is 0. The number of urea groups is 1. The zero-order valence-corrected chi connectivity index (χ0v) is 15.8. The lowest BCUT2D eigenvalue weighted by Crippen LogP contribution is -2.30. The normalized spacial score (nSPS) is 13.0. The van der Waals surface area contributed by atoms with Crippen LogP contribution in [-0.2, 0) is 0 Å². The van der Waals surface area contributed by atoms with Crippen molar-refractivity contribution < 1.29 is 19.1 Å². The maximum Gasteiger partial charge on any atom is 0.319 e. The highest BCUT2D eigenvalue weighted by Gasteiger charge is 2.24. The largest absolute Gasteiger partial charge is 0.496 e. The molecular formula is C21H20N4O4. The van der Waals surface area contributed by atoms with Gasteiger partial charge in [-0.3, -0.25) is 4.79 Å². The summed E-state index contributed by atoms with van der Waals surface area (Å²) in [4.78, 5) is 28.6. The van der Waals surface area contributed by atoms with Crippen LogP contribution in [0.4, 0.5) is 10.5 Å². The molecule has 4 N–H and O–H groups in total. The Bertz CT molecular complexity index is 1080. The van der Waals surface area contributed by atoms with Crippen LogP contribution in [0.1, 0.15) is 23.2 Å². The van der Waals surface area contributed by atoms with Gasteiger partial charge in [-0.2, -0.15) is 0 Å². The van der Waals surface area contributed by atoms with Crippen molar-refractivity contribution in [3.8, 4) is 17.4 Å². The molecule has 0 bridgehead atoms. The molecule has 1 aromatic heterocycles. The van der Waals surface area contributed by atoms with Crippen LogP contribution in [0.3, 0.4) is 0 Å². The van der Waals surface area contributed by atoms with Gasteiger partial charge in [-0.15, -0.1) is 0 Å². The number of carbonyl (C=O) groups excluding carboxylic acids is 2. The molecule has 1 aliphatic rings. The Labute approximate surface area is 167 Å². The van der Waals surface area contributed by atoms with Crippen molar-refractivity contribution in [1.82, 2.24) is 10.3 Å². The van der Waals surface area contributed by atoms with Crippen molar-refractivity contribution in [2.45, 2.75) is 18.9 Å². The number of aromatic nitrogens is 1. The first-order chi connectivity index (χ1) is 14.0. The lowest BCUT2D eigenvalue weighted by atomic mass is 10.1. The molecule has 0 spiro atoms. The number of nitrogens with two attached hydrogens (primary N) is 1. The van der Waals surface area contributed by atoms with E-state index in [0.29, 0.717) is 28.1 Å². The molecule has 1 heterocycles. The van der Waals surface area contributed by atoms with Crippen LogP contribution < -0.4 is 25.8 Å². The minimum atomic E-state index is -0.616. The van der Waals surface area contributed by atoms with Crippen molar-refractivity contribution >= 4 is 28.5 Å². The van der Waals surface area contributed by atoms with E-state index in [2.05, 4.69) is 15.6 Å². The van der Waals surface area contributed by atoms with Gasteiger partial charge in [0.2, 0.25) is 5.88 Å². The number of amides is 3. The van der Waals surface area contributed by atoms with Crippen LogP contribution in [0.25, 0.3) is 10.9 Å². The van der Waals surface area contributed by atoms with E-state index in [1.54, 1.807) is 30.3 Å². The molecule has 148 valence electrons. The highest BCUT2D eigenvalue weighted by molar-refractivity contribution is 6.01. The smallest absolute Gasteiger partial charge is 0.319 e. The molecule has 2 aromatic carbocycles. The van der Waals surface area contributed by atoms with Gasteiger partial charge in [0.05, 0.1) is 18.2 Å². The van der Waals surface area contributed by atoms with E-state index in [1.165, 1.54) is 7.11 Å². The Morgan fingerprint density at radius 2 is 1.90 bits per heavy atom. The molecule has 1 saturated carbocycles. The van der Waals surface area contributed by atoms with Crippen LogP contribution >= 0.6 is 0 Å². The number of hydrogen-bond acceptors (Lipinski definition) is 5. The molecule has 8 heteroatoms. The number of nitrogens with zero attached hydrogens (tertiary/aromatic N) is 1. The van der Waals surface area contributed by atoms with E-state index in [9.17, 15) is 9.59 Å². The predicted molar refractivity (Wildman–Crippen MR) is 109 cm³/mol. The summed E-state index contributed by atoms with van der Waals surface area (Å²) in [6.07, 6.45) is 1.94. The fraction of sp³-hybridized carbons (Fsp3) is 0.190. The number of nitrogens with one attached hydrogen (secondary N) is 2. The molecule has 0 atom stereocenters. The number of ether oxygens (including phenoxy) is 2.